The summed E-state index contributed by atoms with van der Waals surface area (Å²) in [7, 11) is 0. The van der Waals surface area contributed by atoms with Crippen molar-refractivity contribution in [3.05, 3.63) is 34.6 Å². The highest BCUT2D eigenvalue weighted by Crippen LogP contribution is 2.26. The Morgan fingerprint density at radius 2 is 2.23 bits per heavy atom. The van der Waals surface area contributed by atoms with E-state index < -0.39 is 23.4 Å². The number of carbonyl (C=O) groups excluding carboxylic acids is 1. The van der Waals surface area contributed by atoms with Crippen LogP contribution in [0.4, 0.5) is 5.82 Å². The molecule has 1 aromatic rings. The number of ether oxygens (including phenoxy) is 2. The van der Waals surface area contributed by atoms with Crippen LogP contribution < -0.4 is 11.4 Å². The molecule has 0 aromatic carbocycles. The van der Waals surface area contributed by atoms with E-state index >= 15 is 0 Å². The van der Waals surface area contributed by atoms with Gasteiger partial charge in [0, 0.05) is 6.20 Å². The quantitative estimate of drug-likeness (QED) is 0.765. The van der Waals surface area contributed by atoms with Crippen molar-refractivity contribution in [1.82, 2.24) is 9.55 Å². The van der Waals surface area contributed by atoms with Crippen LogP contribution in [0, 0.1) is 5.41 Å². The lowest BCUT2D eigenvalue weighted by Crippen LogP contribution is -2.32. The number of aliphatic hydroxyl groups is 1. The van der Waals surface area contributed by atoms with E-state index in [2.05, 4.69) is 4.98 Å². The SMILES string of the molecule is CC(C)(C)C(=O)OCC1=C[C@@H](O)C(n2ccc(N)nc2=O)O1. The first-order valence-electron chi connectivity index (χ1n) is 6.76. The molecule has 22 heavy (non-hydrogen) atoms. The predicted molar refractivity (Wildman–Crippen MR) is 77.5 cm³/mol. The first-order chi connectivity index (χ1) is 10.2. The molecule has 2 rings (SSSR count). The summed E-state index contributed by atoms with van der Waals surface area (Å²) in [5.41, 5.74) is 4.15. The number of anilines is 1. The lowest BCUT2D eigenvalue weighted by Gasteiger charge is -2.19. The number of hydrogen-bond donors (Lipinski definition) is 2. The Morgan fingerprint density at radius 1 is 1.55 bits per heavy atom. The fourth-order valence-electron chi connectivity index (χ4n) is 1.81. The molecule has 0 bridgehead atoms. The van der Waals surface area contributed by atoms with E-state index in [0.29, 0.717) is 0 Å². The van der Waals surface area contributed by atoms with Gasteiger partial charge in [0.15, 0.2) is 0 Å². The Morgan fingerprint density at radius 3 is 2.82 bits per heavy atom. The summed E-state index contributed by atoms with van der Waals surface area (Å²) >= 11 is 0. The van der Waals surface area contributed by atoms with Crippen LogP contribution in [0.2, 0.25) is 0 Å². The van der Waals surface area contributed by atoms with Gasteiger partial charge in [0.25, 0.3) is 0 Å². The molecule has 0 radical (unpaired) electrons. The minimum atomic E-state index is -1.05. The van der Waals surface area contributed by atoms with Crippen LogP contribution in [0.25, 0.3) is 0 Å². The highest BCUT2D eigenvalue weighted by Gasteiger charge is 2.31. The fourth-order valence-corrected chi connectivity index (χ4v) is 1.81. The Kier molecular flexibility index (Phi) is 4.23. The zero-order valence-corrected chi connectivity index (χ0v) is 12.6. The number of nitrogens with zero attached hydrogens (tertiary/aromatic N) is 2. The number of aromatic nitrogens is 2. The third kappa shape index (κ3) is 3.45. The van der Waals surface area contributed by atoms with Crippen molar-refractivity contribution in [2.75, 3.05) is 12.3 Å². The third-order valence-corrected chi connectivity index (χ3v) is 3.00. The number of carbonyl (C=O) groups is 1. The minimum absolute atomic E-state index is 0.0843. The number of nitrogen functional groups attached to an aromatic ring is 1. The lowest BCUT2D eigenvalue weighted by molar-refractivity contribution is -0.153. The first-order valence-corrected chi connectivity index (χ1v) is 6.76. The van der Waals surface area contributed by atoms with Gasteiger partial charge in [-0.3, -0.25) is 9.36 Å². The molecule has 8 nitrogen and oxygen atoms in total. The van der Waals surface area contributed by atoms with Crippen molar-refractivity contribution in [3.8, 4) is 0 Å². The third-order valence-electron chi connectivity index (χ3n) is 3.00. The molecular weight excluding hydrogens is 290 g/mol. The Hall–Kier alpha value is -2.35. The number of hydrogen-bond acceptors (Lipinski definition) is 7. The Balaban J connectivity index is 2.04. The molecule has 1 aromatic heterocycles. The molecule has 0 saturated carbocycles. The number of nitrogens with two attached hydrogens (primary N) is 1. The molecule has 1 unspecified atom stereocenters. The smallest absolute Gasteiger partial charge is 0.352 e. The summed E-state index contributed by atoms with van der Waals surface area (Å²) in [6.45, 7) is 5.09. The second-order valence-electron chi connectivity index (χ2n) is 6.00. The van der Waals surface area contributed by atoms with E-state index in [4.69, 9.17) is 15.2 Å². The van der Waals surface area contributed by atoms with Gasteiger partial charge in [-0.25, -0.2) is 4.79 Å². The van der Waals surface area contributed by atoms with E-state index in [0.717, 1.165) is 4.57 Å². The van der Waals surface area contributed by atoms with Crippen LogP contribution in [0.1, 0.15) is 27.0 Å². The lowest BCUT2D eigenvalue weighted by atomic mass is 9.97. The summed E-state index contributed by atoms with van der Waals surface area (Å²) in [4.78, 5) is 27.0. The molecule has 0 saturated heterocycles. The van der Waals surface area contributed by atoms with Crippen LogP contribution in [-0.2, 0) is 14.3 Å². The minimum Gasteiger partial charge on any atom is -0.468 e. The van der Waals surface area contributed by atoms with Crippen molar-refractivity contribution in [3.63, 3.8) is 0 Å². The summed E-state index contributed by atoms with van der Waals surface area (Å²) in [6.07, 6.45) is 0.773. The maximum absolute atomic E-state index is 11.7. The van der Waals surface area contributed by atoms with Gasteiger partial charge in [-0.1, -0.05) is 0 Å². The largest absolute Gasteiger partial charge is 0.468 e. The zero-order chi connectivity index (χ0) is 16.5. The van der Waals surface area contributed by atoms with Gasteiger partial charge in [0.1, 0.15) is 24.3 Å². The maximum atomic E-state index is 11.7. The maximum Gasteiger partial charge on any atom is 0.352 e. The standard InChI is InChI=1S/C14H19N3O5/c1-14(2,3)12(19)21-7-8-6-9(18)11(22-8)17-5-4-10(15)16-13(17)20/h4-6,9,11,18H,7H2,1-3H3,(H2,15,16,20)/t9-,11?/m1/s1. The van der Waals surface area contributed by atoms with Gasteiger partial charge in [0.05, 0.1) is 5.41 Å². The van der Waals surface area contributed by atoms with Gasteiger partial charge in [-0.2, -0.15) is 4.98 Å². The Bertz CT molecular complexity index is 659. The number of esters is 1. The van der Waals surface area contributed by atoms with E-state index in [9.17, 15) is 14.7 Å². The van der Waals surface area contributed by atoms with Crippen molar-refractivity contribution >= 4 is 11.8 Å². The molecule has 0 aliphatic carbocycles. The van der Waals surface area contributed by atoms with Gasteiger partial charge in [-0.05, 0) is 32.9 Å². The molecule has 0 spiro atoms. The van der Waals surface area contributed by atoms with Crippen LogP contribution in [0.3, 0.4) is 0 Å². The monoisotopic (exact) mass is 309 g/mol. The zero-order valence-electron chi connectivity index (χ0n) is 12.6. The molecule has 2 heterocycles. The molecule has 1 aliphatic heterocycles. The average molecular weight is 309 g/mol. The summed E-state index contributed by atoms with van der Waals surface area (Å²) in [6, 6.07) is 1.43. The van der Waals surface area contributed by atoms with Crippen molar-refractivity contribution in [1.29, 1.82) is 0 Å². The number of aliphatic hydroxyl groups excluding tert-OH is 1. The second-order valence-corrected chi connectivity index (χ2v) is 6.00. The van der Waals surface area contributed by atoms with Crippen LogP contribution >= 0.6 is 0 Å². The molecule has 1 aliphatic rings. The highest BCUT2D eigenvalue weighted by molar-refractivity contribution is 5.75. The summed E-state index contributed by atoms with van der Waals surface area (Å²) in [5.74, 6) is -0.0268. The molecule has 3 N–H and O–H groups in total. The van der Waals surface area contributed by atoms with E-state index in [1.54, 1.807) is 20.8 Å². The van der Waals surface area contributed by atoms with Gasteiger partial charge in [-0.15, -0.1) is 0 Å². The normalized spacial score (nSPS) is 21.2. The van der Waals surface area contributed by atoms with Gasteiger partial charge in [0.2, 0.25) is 6.23 Å². The molecular formula is C14H19N3O5. The van der Waals surface area contributed by atoms with Crippen LogP contribution in [-0.4, -0.2) is 33.3 Å². The molecule has 0 fully saturated rings. The molecule has 8 heteroatoms. The summed E-state index contributed by atoms with van der Waals surface area (Å²) in [5, 5.41) is 9.97. The van der Waals surface area contributed by atoms with Crippen LogP contribution in [0.15, 0.2) is 28.9 Å². The van der Waals surface area contributed by atoms with Crippen molar-refractivity contribution in [2.45, 2.75) is 33.1 Å². The molecule has 0 amide bonds. The summed E-state index contributed by atoms with van der Waals surface area (Å²) < 4.78 is 11.7. The number of rotatable bonds is 3. The van der Waals surface area contributed by atoms with Gasteiger partial charge < -0.3 is 20.3 Å². The topological polar surface area (TPSA) is 117 Å². The highest BCUT2D eigenvalue weighted by atomic mass is 16.6. The van der Waals surface area contributed by atoms with Crippen molar-refractivity contribution in [2.24, 2.45) is 5.41 Å². The molecule has 2 atom stereocenters. The van der Waals surface area contributed by atoms with Crippen molar-refractivity contribution < 1.29 is 19.4 Å². The molecule has 120 valence electrons. The second kappa shape index (κ2) is 5.80. The fraction of sp³-hybridized carbons (Fsp3) is 0.500. The van der Waals surface area contributed by atoms with Gasteiger partial charge >= 0.3 is 11.7 Å². The predicted octanol–water partition coefficient (Wildman–Crippen LogP) is 0.188. The van der Waals surface area contributed by atoms with Crippen LogP contribution in [0.5, 0.6) is 0 Å². The van der Waals surface area contributed by atoms with E-state index in [1.807, 2.05) is 0 Å². The van der Waals surface area contributed by atoms with E-state index in [1.165, 1.54) is 18.3 Å². The van der Waals surface area contributed by atoms with E-state index in [-0.39, 0.29) is 24.2 Å². The average Bonchev–Trinajstić information content (AvgIpc) is 2.76. The first kappa shape index (κ1) is 16.0. The Labute approximate surface area is 127 Å².